The molecule has 0 spiro atoms. The Morgan fingerprint density at radius 1 is 0.969 bits per heavy atom. The number of hydrogen-bond acceptors (Lipinski definition) is 5. The molecule has 174 valence electrons. The fourth-order valence-corrected chi connectivity index (χ4v) is 4.13. The van der Waals surface area contributed by atoms with Crippen molar-refractivity contribution in [1.29, 1.82) is 0 Å². The van der Waals surface area contributed by atoms with E-state index in [2.05, 4.69) is 4.90 Å². The number of carbonyl (C=O) groups is 1. The lowest BCUT2D eigenvalue weighted by Crippen LogP contribution is -2.39. The van der Waals surface area contributed by atoms with Gasteiger partial charge in [0.1, 0.15) is 0 Å². The fraction of sp³-hybridized carbons (Fsp3) is 0.435. The highest BCUT2D eigenvalue weighted by Crippen LogP contribution is 2.43. The Labute approximate surface area is 184 Å². The summed E-state index contributed by atoms with van der Waals surface area (Å²) in [4.78, 5) is 13.4. The lowest BCUT2D eigenvalue weighted by atomic mass is 9.90. The molecule has 1 aliphatic heterocycles. The molecule has 32 heavy (non-hydrogen) atoms. The van der Waals surface area contributed by atoms with Crippen LogP contribution in [0.3, 0.4) is 0 Å². The molecule has 0 bridgehead atoms. The molecule has 1 atom stereocenters. The number of alkyl halides is 3. The lowest BCUT2D eigenvalue weighted by Gasteiger charge is -2.37. The van der Waals surface area contributed by atoms with Gasteiger partial charge in [0.25, 0.3) is 0 Å². The van der Waals surface area contributed by atoms with Crippen molar-refractivity contribution < 1.29 is 37.3 Å². The van der Waals surface area contributed by atoms with Crippen LogP contribution in [0.15, 0.2) is 36.4 Å². The number of methoxy groups -OCH3 is 3. The Balaban J connectivity index is 2.06. The third-order valence-corrected chi connectivity index (χ3v) is 5.80. The Bertz CT molecular complexity index is 913. The van der Waals surface area contributed by atoms with Crippen LogP contribution in [0.4, 0.5) is 13.2 Å². The van der Waals surface area contributed by atoms with Crippen molar-refractivity contribution in [2.75, 3.05) is 34.4 Å². The second kappa shape index (κ2) is 9.68. The number of ether oxygens (including phenoxy) is 3. The molecule has 1 fully saturated rings. The van der Waals surface area contributed by atoms with E-state index in [1.54, 1.807) is 12.1 Å². The minimum absolute atomic E-state index is 0.412. The molecule has 2 aromatic carbocycles. The summed E-state index contributed by atoms with van der Waals surface area (Å²) in [5, 5.41) is 9.33. The molecule has 3 rings (SSSR count). The van der Waals surface area contributed by atoms with E-state index in [1.165, 1.54) is 33.5 Å². The molecule has 0 amide bonds. The summed E-state index contributed by atoms with van der Waals surface area (Å²) >= 11 is 0. The van der Waals surface area contributed by atoms with Gasteiger partial charge in [-0.1, -0.05) is 12.1 Å². The summed E-state index contributed by atoms with van der Waals surface area (Å²) in [6, 6.07) is 8.16. The van der Waals surface area contributed by atoms with Crippen molar-refractivity contribution >= 4 is 5.97 Å². The number of rotatable bonds is 7. The summed E-state index contributed by atoms with van der Waals surface area (Å²) in [6.07, 6.45) is -3.52. The van der Waals surface area contributed by atoms with Gasteiger partial charge in [-0.2, -0.15) is 13.2 Å². The van der Waals surface area contributed by atoms with Crippen molar-refractivity contribution in [3.63, 3.8) is 0 Å². The van der Waals surface area contributed by atoms with E-state index in [-0.39, 0.29) is 0 Å². The van der Waals surface area contributed by atoms with Gasteiger partial charge < -0.3 is 19.3 Å². The van der Waals surface area contributed by atoms with Gasteiger partial charge in [0.15, 0.2) is 11.5 Å². The van der Waals surface area contributed by atoms with Crippen LogP contribution >= 0.6 is 0 Å². The van der Waals surface area contributed by atoms with E-state index in [1.807, 2.05) is 0 Å². The second-order valence-corrected chi connectivity index (χ2v) is 7.63. The van der Waals surface area contributed by atoms with Crippen LogP contribution in [0.5, 0.6) is 17.2 Å². The van der Waals surface area contributed by atoms with Gasteiger partial charge >= 0.3 is 12.1 Å². The maximum absolute atomic E-state index is 13.1. The molecule has 1 unspecified atom stereocenters. The Kier molecular flexibility index (Phi) is 7.18. The van der Waals surface area contributed by atoms with E-state index < -0.39 is 29.7 Å². The van der Waals surface area contributed by atoms with Crippen molar-refractivity contribution in [1.82, 2.24) is 4.90 Å². The number of halogens is 3. The minimum atomic E-state index is -4.43. The van der Waals surface area contributed by atoms with Crippen LogP contribution in [0.25, 0.3) is 0 Å². The van der Waals surface area contributed by atoms with Crippen molar-refractivity contribution in [3.05, 3.63) is 53.1 Å². The predicted octanol–water partition coefficient (Wildman–Crippen LogP) is 4.62. The number of carboxylic acids is 1. The van der Waals surface area contributed by atoms with Crippen LogP contribution in [0, 0.1) is 5.92 Å². The van der Waals surface area contributed by atoms with Gasteiger partial charge in [-0.3, -0.25) is 9.69 Å². The number of nitrogens with zero attached hydrogens (tertiary/aromatic N) is 1. The van der Waals surface area contributed by atoms with Gasteiger partial charge in [-0.05, 0) is 61.3 Å². The zero-order valence-corrected chi connectivity index (χ0v) is 18.1. The molecule has 2 aromatic rings. The highest BCUT2D eigenvalue weighted by Gasteiger charge is 2.33. The first-order chi connectivity index (χ1) is 15.2. The van der Waals surface area contributed by atoms with Gasteiger partial charge in [0.2, 0.25) is 5.75 Å². The molecule has 1 aliphatic rings. The number of carboxylic acid groups (broad SMARTS) is 1. The number of likely N-dealkylation sites (tertiary alicyclic amines) is 1. The molecule has 1 heterocycles. The lowest BCUT2D eigenvalue weighted by molar-refractivity contribution is -0.143. The van der Waals surface area contributed by atoms with Crippen LogP contribution in [0.1, 0.15) is 35.6 Å². The molecule has 0 saturated carbocycles. The summed E-state index contributed by atoms with van der Waals surface area (Å²) in [6.45, 7) is 0.971. The van der Waals surface area contributed by atoms with Crippen LogP contribution in [-0.2, 0) is 11.0 Å². The van der Waals surface area contributed by atoms with Crippen molar-refractivity contribution in [2.24, 2.45) is 5.92 Å². The molecule has 0 radical (unpaired) electrons. The summed E-state index contributed by atoms with van der Waals surface area (Å²) in [5.74, 6) is 0.0100. The highest BCUT2D eigenvalue weighted by atomic mass is 19.4. The summed E-state index contributed by atoms with van der Waals surface area (Å²) in [7, 11) is 4.48. The first-order valence-corrected chi connectivity index (χ1v) is 10.1. The average Bonchev–Trinajstić information content (AvgIpc) is 2.78. The molecule has 1 N–H and O–H groups in total. The van der Waals surface area contributed by atoms with E-state index in [0.29, 0.717) is 48.7 Å². The monoisotopic (exact) mass is 453 g/mol. The zero-order valence-electron chi connectivity index (χ0n) is 18.1. The van der Waals surface area contributed by atoms with Gasteiger partial charge in [0.05, 0.1) is 38.9 Å². The maximum atomic E-state index is 13.1. The molecule has 0 aromatic heterocycles. The van der Waals surface area contributed by atoms with Crippen LogP contribution in [-0.4, -0.2) is 50.4 Å². The molecular formula is C23H26F3NO5. The second-order valence-electron chi connectivity index (χ2n) is 7.63. The predicted molar refractivity (Wildman–Crippen MR) is 111 cm³/mol. The van der Waals surface area contributed by atoms with E-state index in [4.69, 9.17) is 14.2 Å². The highest BCUT2D eigenvalue weighted by molar-refractivity contribution is 5.70. The Hall–Kier alpha value is -2.94. The van der Waals surface area contributed by atoms with Gasteiger partial charge in [-0.15, -0.1) is 0 Å². The van der Waals surface area contributed by atoms with E-state index in [0.717, 1.165) is 17.7 Å². The number of hydrogen-bond donors (Lipinski definition) is 1. The molecule has 9 heteroatoms. The standard InChI is InChI=1S/C23H26F3NO5/c1-30-18-12-16(13-19(31-2)21(18)32-3)20(27-10-8-15(9-11-27)22(28)29)14-4-6-17(7-5-14)23(24,25)26/h4-7,12-13,15,20H,8-11H2,1-3H3,(H,28,29). The van der Waals surface area contributed by atoms with Gasteiger partial charge in [0, 0.05) is 0 Å². The van der Waals surface area contributed by atoms with E-state index in [9.17, 15) is 23.1 Å². The molecule has 1 saturated heterocycles. The van der Waals surface area contributed by atoms with E-state index >= 15 is 0 Å². The fourth-order valence-electron chi connectivity index (χ4n) is 4.13. The van der Waals surface area contributed by atoms with Crippen molar-refractivity contribution in [2.45, 2.75) is 25.1 Å². The maximum Gasteiger partial charge on any atom is 0.416 e. The quantitative estimate of drug-likeness (QED) is 0.660. The summed E-state index contributed by atoms with van der Waals surface area (Å²) in [5.41, 5.74) is 0.670. The number of aliphatic carboxylic acids is 1. The number of piperidine rings is 1. The number of benzene rings is 2. The first-order valence-electron chi connectivity index (χ1n) is 10.1. The SMILES string of the molecule is COc1cc(C(c2ccc(C(F)(F)F)cc2)N2CCC(C(=O)O)CC2)cc(OC)c1OC. The Morgan fingerprint density at radius 2 is 1.50 bits per heavy atom. The molecule has 6 nitrogen and oxygen atoms in total. The van der Waals surface area contributed by atoms with Crippen LogP contribution in [0.2, 0.25) is 0 Å². The third kappa shape index (κ3) is 4.93. The smallest absolute Gasteiger partial charge is 0.416 e. The van der Waals surface area contributed by atoms with Gasteiger partial charge in [-0.25, -0.2) is 0 Å². The normalized spacial score (nSPS) is 16.4. The van der Waals surface area contributed by atoms with Crippen LogP contribution < -0.4 is 14.2 Å². The first kappa shape index (κ1) is 23.7. The average molecular weight is 453 g/mol. The summed E-state index contributed by atoms with van der Waals surface area (Å²) < 4.78 is 55.5. The topological polar surface area (TPSA) is 68.2 Å². The molecule has 0 aliphatic carbocycles. The Morgan fingerprint density at radius 3 is 1.91 bits per heavy atom. The third-order valence-electron chi connectivity index (χ3n) is 5.80. The minimum Gasteiger partial charge on any atom is -0.493 e. The largest absolute Gasteiger partial charge is 0.493 e. The van der Waals surface area contributed by atoms with Crippen molar-refractivity contribution in [3.8, 4) is 17.2 Å². The zero-order chi connectivity index (χ0) is 23.5. The molecular weight excluding hydrogens is 427 g/mol.